The normalized spacial score (nSPS) is 16.3. The highest BCUT2D eigenvalue weighted by atomic mass is 19.1. The van der Waals surface area contributed by atoms with Gasteiger partial charge in [-0.05, 0) is 62.7 Å². The maximum Gasteiger partial charge on any atom is 0.170 e. The highest BCUT2D eigenvalue weighted by Gasteiger charge is 2.27. The maximum absolute atomic E-state index is 13.5. The van der Waals surface area contributed by atoms with Crippen LogP contribution < -0.4 is 4.74 Å². The van der Waals surface area contributed by atoms with Gasteiger partial charge in [0, 0.05) is 23.9 Å². The first-order valence-corrected chi connectivity index (χ1v) is 11.2. The molecule has 1 atom stereocenters. The van der Waals surface area contributed by atoms with E-state index in [0.717, 1.165) is 49.3 Å². The lowest BCUT2D eigenvalue weighted by Gasteiger charge is -2.34. The molecule has 1 aliphatic rings. The van der Waals surface area contributed by atoms with Crippen LogP contribution >= 0.6 is 0 Å². The zero-order chi connectivity index (χ0) is 21.9. The van der Waals surface area contributed by atoms with Crippen LogP contribution in [0.25, 0.3) is 11.0 Å². The fourth-order valence-corrected chi connectivity index (χ4v) is 4.51. The number of aryl methyl sites for hydroxylation is 1. The molecular weight excluding hydrogens is 403 g/mol. The van der Waals surface area contributed by atoms with Gasteiger partial charge in [0.05, 0.1) is 5.69 Å². The van der Waals surface area contributed by atoms with Crippen LogP contribution in [0.3, 0.4) is 0 Å². The van der Waals surface area contributed by atoms with Crippen LogP contribution in [0.4, 0.5) is 4.39 Å². The molecule has 1 aromatic heterocycles. The minimum atomic E-state index is -0.296. The Bertz CT molecular complexity index is 1170. The Morgan fingerprint density at radius 2 is 1.78 bits per heavy atom. The first-order valence-electron chi connectivity index (χ1n) is 11.2. The van der Waals surface area contributed by atoms with Crippen molar-refractivity contribution in [2.75, 3.05) is 19.6 Å². The molecule has 1 unspecified atom stereocenters. The van der Waals surface area contributed by atoms with Gasteiger partial charge in [-0.25, -0.2) is 4.39 Å². The number of likely N-dealkylation sites (tertiary alicyclic amines) is 1. The van der Waals surface area contributed by atoms with Crippen molar-refractivity contribution in [3.63, 3.8) is 0 Å². The highest BCUT2D eigenvalue weighted by Crippen LogP contribution is 2.34. The maximum atomic E-state index is 13.5. The molecular formula is C27H27FN2O2. The topological polar surface area (TPSA) is 38.5 Å². The number of piperidine rings is 1. The predicted octanol–water partition coefficient (Wildman–Crippen LogP) is 6.28. The smallest absolute Gasteiger partial charge is 0.170 e. The molecule has 0 N–H and O–H groups in total. The minimum absolute atomic E-state index is 0.0358. The lowest BCUT2D eigenvalue weighted by Crippen LogP contribution is -2.37. The van der Waals surface area contributed by atoms with Crippen LogP contribution in [0.1, 0.15) is 41.7 Å². The van der Waals surface area contributed by atoms with Crippen LogP contribution in [0.5, 0.6) is 5.75 Å². The summed E-state index contributed by atoms with van der Waals surface area (Å²) in [6, 6.07) is 23.3. The van der Waals surface area contributed by atoms with E-state index in [0.29, 0.717) is 11.5 Å². The molecule has 0 bridgehead atoms. The van der Waals surface area contributed by atoms with Crippen LogP contribution in [-0.4, -0.2) is 29.7 Å². The lowest BCUT2D eigenvalue weighted by atomic mass is 9.91. The molecule has 0 radical (unpaired) electrons. The van der Waals surface area contributed by atoms with Crippen LogP contribution in [0.15, 0.2) is 77.3 Å². The number of rotatable bonds is 6. The molecule has 5 rings (SSSR count). The summed E-state index contributed by atoms with van der Waals surface area (Å²) in [5.41, 5.74) is 3.88. The zero-order valence-electron chi connectivity index (χ0n) is 18.2. The van der Waals surface area contributed by atoms with Crippen molar-refractivity contribution < 1.29 is 13.7 Å². The van der Waals surface area contributed by atoms with Crippen molar-refractivity contribution in [1.29, 1.82) is 0 Å². The van der Waals surface area contributed by atoms with E-state index in [2.05, 4.69) is 53.4 Å². The van der Waals surface area contributed by atoms with Gasteiger partial charge < -0.3 is 9.26 Å². The summed E-state index contributed by atoms with van der Waals surface area (Å²) in [5.74, 6) is 0.919. The monoisotopic (exact) mass is 430 g/mol. The van der Waals surface area contributed by atoms with Gasteiger partial charge >= 0.3 is 0 Å². The Hall–Kier alpha value is -3.18. The number of ether oxygens (including phenoxy) is 1. The Morgan fingerprint density at radius 3 is 2.53 bits per heavy atom. The van der Waals surface area contributed by atoms with Gasteiger partial charge in [0.1, 0.15) is 17.7 Å². The molecule has 1 aliphatic heterocycles. The average molecular weight is 431 g/mol. The van der Waals surface area contributed by atoms with Gasteiger partial charge in [-0.1, -0.05) is 53.2 Å². The number of benzene rings is 3. The largest absolute Gasteiger partial charge is 0.484 e. The first kappa shape index (κ1) is 20.7. The van der Waals surface area contributed by atoms with E-state index in [9.17, 15) is 4.39 Å². The standard InChI is InChI=1S/C27H27FN2O2/c1-19-7-10-23(11-8-19)31-26(20-5-3-2-4-6-20)18-30-15-13-21(14-16-30)27-24-12-9-22(28)17-25(24)32-29-27/h2-12,17,21,26H,13-16,18H2,1H3. The summed E-state index contributed by atoms with van der Waals surface area (Å²) in [7, 11) is 0. The van der Waals surface area contributed by atoms with Crippen molar-refractivity contribution in [2.24, 2.45) is 0 Å². The summed E-state index contributed by atoms with van der Waals surface area (Å²) in [6.07, 6.45) is 1.95. The quantitative estimate of drug-likeness (QED) is 0.361. The number of fused-ring (bicyclic) bond motifs is 1. The summed E-state index contributed by atoms with van der Waals surface area (Å²) in [5, 5.41) is 5.20. The average Bonchev–Trinajstić information content (AvgIpc) is 3.24. The van der Waals surface area contributed by atoms with Crippen molar-refractivity contribution >= 4 is 11.0 Å². The molecule has 164 valence electrons. The Morgan fingerprint density at radius 1 is 1.03 bits per heavy atom. The van der Waals surface area contributed by atoms with E-state index in [1.165, 1.54) is 23.3 Å². The van der Waals surface area contributed by atoms with E-state index in [-0.39, 0.29) is 11.9 Å². The van der Waals surface area contributed by atoms with E-state index < -0.39 is 0 Å². The third kappa shape index (κ3) is 4.53. The first-order chi connectivity index (χ1) is 15.7. The van der Waals surface area contributed by atoms with Crippen molar-refractivity contribution in [2.45, 2.75) is 31.8 Å². The van der Waals surface area contributed by atoms with Crippen LogP contribution in [0, 0.1) is 12.7 Å². The second-order valence-corrected chi connectivity index (χ2v) is 8.61. The lowest BCUT2D eigenvalue weighted by molar-refractivity contribution is 0.113. The highest BCUT2D eigenvalue weighted by molar-refractivity contribution is 5.79. The molecule has 32 heavy (non-hydrogen) atoms. The van der Waals surface area contributed by atoms with Crippen LogP contribution in [-0.2, 0) is 0 Å². The third-order valence-electron chi connectivity index (χ3n) is 6.33. The van der Waals surface area contributed by atoms with Crippen molar-refractivity contribution in [3.8, 4) is 5.75 Å². The number of hydrogen-bond acceptors (Lipinski definition) is 4. The zero-order valence-corrected chi connectivity index (χ0v) is 18.2. The molecule has 0 saturated carbocycles. The van der Waals surface area contributed by atoms with Gasteiger partial charge in [-0.15, -0.1) is 0 Å². The van der Waals surface area contributed by atoms with Crippen LogP contribution in [0.2, 0.25) is 0 Å². The summed E-state index contributed by atoms with van der Waals surface area (Å²) in [4.78, 5) is 2.46. The molecule has 5 heteroatoms. The fraction of sp³-hybridized carbons (Fsp3) is 0.296. The van der Waals surface area contributed by atoms with E-state index in [4.69, 9.17) is 9.26 Å². The predicted molar refractivity (Wildman–Crippen MR) is 123 cm³/mol. The summed E-state index contributed by atoms with van der Waals surface area (Å²) in [6.45, 7) is 4.83. The second-order valence-electron chi connectivity index (χ2n) is 8.61. The molecule has 0 amide bonds. The molecule has 2 heterocycles. The molecule has 1 fully saturated rings. The van der Waals surface area contributed by atoms with E-state index in [1.807, 2.05) is 18.2 Å². The summed E-state index contributed by atoms with van der Waals surface area (Å²) < 4.78 is 25.3. The molecule has 3 aromatic carbocycles. The van der Waals surface area contributed by atoms with E-state index in [1.54, 1.807) is 6.07 Å². The van der Waals surface area contributed by atoms with Gasteiger partial charge in [0.25, 0.3) is 0 Å². The SMILES string of the molecule is Cc1ccc(OC(CN2CCC(c3noc4cc(F)ccc34)CC2)c2ccccc2)cc1. The second kappa shape index (κ2) is 9.13. The molecule has 0 aliphatic carbocycles. The minimum Gasteiger partial charge on any atom is -0.484 e. The number of hydrogen-bond donors (Lipinski definition) is 0. The van der Waals surface area contributed by atoms with Crippen molar-refractivity contribution in [1.82, 2.24) is 10.1 Å². The molecule has 0 spiro atoms. The van der Waals surface area contributed by atoms with Gasteiger partial charge in [-0.2, -0.15) is 0 Å². The van der Waals surface area contributed by atoms with Gasteiger partial charge in [0.15, 0.2) is 5.58 Å². The Kier molecular flexibility index (Phi) is 5.91. The summed E-state index contributed by atoms with van der Waals surface area (Å²) >= 11 is 0. The van der Waals surface area contributed by atoms with E-state index >= 15 is 0 Å². The molecule has 4 aromatic rings. The number of halogens is 1. The van der Waals surface area contributed by atoms with Crippen molar-refractivity contribution in [3.05, 3.63) is 95.4 Å². The third-order valence-corrected chi connectivity index (χ3v) is 6.33. The molecule has 1 saturated heterocycles. The molecule has 4 nitrogen and oxygen atoms in total. The Labute approximate surface area is 187 Å². The van der Waals surface area contributed by atoms with Gasteiger partial charge in [0.2, 0.25) is 0 Å². The Balaban J connectivity index is 1.27. The number of nitrogens with zero attached hydrogens (tertiary/aromatic N) is 2. The number of aromatic nitrogens is 1. The van der Waals surface area contributed by atoms with Gasteiger partial charge in [-0.3, -0.25) is 4.90 Å². The fourth-order valence-electron chi connectivity index (χ4n) is 4.51.